The minimum Gasteiger partial charge on any atom is -0.466 e. The van der Waals surface area contributed by atoms with E-state index in [1.54, 1.807) is 0 Å². The van der Waals surface area contributed by atoms with E-state index in [4.69, 9.17) is 0 Å². The molecule has 1 saturated carbocycles. The van der Waals surface area contributed by atoms with E-state index >= 15 is 0 Å². The molecule has 0 heterocycles. The molecule has 0 saturated heterocycles. The number of Topliss-reactive ketones (excluding diaryl/α,β-unsaturated/α-hetero) is 1. The molecule has 4 heteroatoms. The second-order valence-electron chi connectivity index (χ2n) is 5.50. The van der Waals surface area contributed by atoms with Crippen molar-refractivity contribution in [3.8, 4) is 0 Å². The van der Waals surface area contributed by atoms with Crippen LogP contribution in [0.4, 0.5) is 4.39 Å². The Balaban J connectivity index is 2.93. The third-order valence-corrected chi connectivity index (χ3v) is 4.21. The summed E-state index contributed by atoms with van der Waals surface area (Å²) in [7, 11) is 1.12. The number of halogens is 1. The highest BCUT2D eigenvalue weighted by Crippen LogP contribution is 2.44. The fourth-order valence-corrected chi connectivity index (χ4v) is 2.37. The number of alkyl halides is 1. The van der Waals surface area contributed by atoms with Crippen LogP contribution in [0.5, 0.6) is 0 Å². The van der Waals surface area contributed by atoms with E-state index in [9.17, 15) is 14.0 Å². The third kappa shape index (κ3) is 2.50. The number of hydrogen-bond donors (Lipinski definition) is 0. The van der Waals surface area contributed by atoms with Crippen molar-refractivity contribution in [3.63, 3.8) is 0 Å². The van der Waals surface area contributed by atoms with Gasteiger partial charge in [0.15, 0.2) is 5.78 Å². The van der Waals surface area contributed by atoms with Crippen molar-refractivity contribution in [2.75, 3.05) is 7.11 Å². The highest BCUT2D eigenvalue weighted by Gasteiger charge is 2.53. The Kier molecular flexibility index (Phi) is 3.95. The maximum atomic E-state index is 14.5. The van der Waals surface area contributed by atoms with Gasteiger partial charge in [-0.05, 0) is 17.8 Å². The zero-order valence-electron chi connectivity index (χ0n) is 11.0. The van der Waals surface area contributed by atoms with Gasteiger partial charge in [0.1, 0.15) is 0 Å². The second-order valence-corrected chi connectivity index (χ2v) is 5.50. The van der Waals surface area contributed by atoms with Crippen LogP contribution in [0.3, 0.4) is 0 Å². The summed E-state index contributed by atoms with van der Waals surface area (Å²) in [4.78, 5) is 23.0. The lowest BCUT2D eigenvalue weighted by atomic mass is 9.65. The number of esters is 1. The fraction of sp³-hybridized carbons (Fsp3) is 0.846. The van der Waals surface area contributed by atoms with Crippen molar-refractivity contribution in [2.45, 2.75) is 52.1 Å². The molecule has 0 radical (unpaired) electrons. The topological polar surface area (TPSA) is 43.4 Å². The monoisotopic (exact) mass is 244 g/mol. The first-order valence-electron chi connectivity index (χ1n) is 6.08. The van der Waals surface area contributed by atoms with E-state index < -0.39 is 17.4 Å². The molecule has 0 N–H and O–H groups in total. The van der Waals surface area contributed by atoms with Gasteiger partial charge in [-0.2, -0.15) is 0 Å². The molecule has 1 rings (SSSR count). The lowest BCUT2D eigenvalue weighted by Gasteiger charge is -2.40. The van der Waals surface area contributed by atoms with Crippen LogP contribution in [-0.4, -0.2) is 24.5 Å². The maximum absolute atomic E-state index is 14.5. The van der Waals surface area contributed by atoms with Crippen LogP contribution >= 0.6 is 0 Å². The summed E-state index contributed by atoms with van der Waals surface area (Å²) in [6, 6.07) is 0. The highest BCUT2D eigenvalue weighted by molar-refractivity contribution is 6.07. The van der Waals surface area contributed by atoms with Gasteiger partial charge in [0.05, 0.1) is 7.11 Å². The molecule has 2 unspecified atom stereocenters. The molecule has 17 heavy (non-hydrogen) atoms. The van der Waals surface area contributed by atoms with Gasteiger partial charge < -0.3 is 4.74 Å². The van der Waals surface area contributed by atoms with Crippen LogP contribution in [-0.2, 0) is 14.3 Å². The number of ketones is 1. The molecule has 0 aromatic rings. The Morgan fingerprint density at radius 2 is 2.18 bits per heavy atom. The maximum Gasteiger partial charge on any atom is 0.351 e. The van der Waals surface area contributed by atoms with Crippen molar-refractivity contribution in [1.82, 2.24) is 0 Å². The number of rotatable bonds is 3. The predicted molar refractivity (Wildman–Crippen MR) is 62.3 cm³/mol. The van der Waals surface area contributed by atoms with Gasteiger partial charge in [-0.1, -0.05) is 27.2 Å². The molecule has 0 aromatic heterocycles. The van der Waals surface area contributed by atoms with Crippen LogP contribution in [0.1, 0.15) is 46.5 Å². The SMILES string of the molecule is CCC(C)(C)C1CCC(=O)C(F)(C(=O)OC)C1. The molecule has 0 bridgehead atoms. The second kappa shape index (κ2) is 4.75. The number of methoxy groups -OCH3 is 1. The molecular formula is C13H21FO3. The Morgan fingerprint density at radius 1 is 1.59 bits per heavy atom. The van der Waals surface area contributed by atoms with Crippen LogP contribution < -0.4 is 0 Å². The Labute approximate surface area is 102 Å². The summed E-state index contributed by atoms with van der Waals surface area (Å²) < 4.78 is 18.9. The van der Waals surface area contributed by atoms with Crippen LogP contribution in [0, 0.1) is 11.3 Å². The number of carbonyl (C=O) groups is 2. The minimum atomic E-state index is -2.43. The standard InChI is InChI=1S/C13H21FO3/c1-5-12(2,3)9-6-7-10(15)13(14,8-9)11(16)17-4/h9H,5-8H2,1-4H3. The molecule has 2 atom stereocenters. The number of hydrogen-bond acceptors (Lipinski definition) is 3. The Morgan fingerprint density at radius 3 is 2.65 bits per heavy atom. The first-order valence-corrected chi connectivity index (χ1v) is 6.08. The molecule has 1 aliphatic rings. The van der Waals surface area contributed by atoms with Crippen molar-refractivity contribution in [2.24, 2.45) is 11.3 Å². The van der Waals surface area contributed by atoms with E-state index in [0.717, 1.165) is 13.5 Å². The van der Waals surface area contributed by atoms with E-state index in [-0.39, 0.29) is 24.2 Å². The van der Waals surface area contributed by atoms with E-state index in [1.165, 1.54) is 0 Å². The largest absolute Gasteiger partial charge is 0.466 e. The quantitative estimate of drug-likeness (QED) is 0.566. The zero-order chi connectivity index (χ0) is 13.3. The first-order chi connectivity index (χ1) is 7.78. The predicted octanol–water partition coefficient (Wildman–Crippen LogP) is 2.67. The minimum absolute atomic E-state index is 0.0364. The summed E-state index contributed by atoms with van der Waals surface area (Å²) in [6.07, 6.45) is 1.63. The van der Waals surface area contributed by atoms with E-state index in [2.05, 4.69) is 4.74 Å². The summed E-state index contributed by atoms with van der Waals surface area (Å²) >= 11 is 0. The lowest BCUT2D eigenvalue weighted by molar-refractivity contribution is -0.165. The van der Waals surface area contributed by atoms with Gasteiger partial charge in [-0.3, -0.25) is 4.79 Å². The molecule has 0 aliphatic heterocycles. The molecule has 0 amide bonds. The molecule has 0 spiro atoms. The van der Waals surface area contributed by atoms with Crippen molar-refractivity contribution < 1.29 is 18.7 Å². The third-order valence-electron chi connectivity index (χ3n) is 4.21. The first kappa shape index (κ1) is 14.1. The number of carbonyl (C=O) groups excluding carboxylic acids is 2. The molecule has 98 valence electrons. The number of ether oxygens (including phenoxy) is 1. The smallest absolute Gasteiger partial charge is 0.351 e. The van der Waals surface area contributed by atoms with Crippen LogP contribution in [0.2, 0.25) is 0 Å². The van der Waals surface area contributed by atoms with Crippen LogP contribution in [0.25, 0.3) is 0 Å². The average molecular weight is 244 g/mol. The van der Waals surface area contributed by atoms with Gasteiger partial charge in [0, 0.05) is 12.8 Å². The molecule has 1 fully saturated rings. The highest BCUT2D eigenvalue weighted by atomic mass is 19.1. The van der Waals surface area contributed by atoms with Crippen molar-refractivity contribution >= 4 is 11.8 Å². The van der Waals surface area contributed by atoms with Crippen molar-refractivity contribution in [1.29, 1.82) is 0 Å². The van der Waals surface area contributed by atoms with Gasteiger partial charge in [0.2, 0.25) is 0 Å². The zero-order valence-corrected chi connectivity index (χ0v) is 11.0. The lowest BCUT2D eigenvalue weighted by Crippen LogP contribution is -2.50. The Hall–Kier alpha value is -0.930. The summed E-state index contributed by atoms with van der Waals surface area (Å²) in [5, 5.41) is 0. The van der Waals surface area contributed by atoms with Gasteiger partial charge >= 0.3 is 5.97 Å². The molecule has 0 aromatic carbocycles. The summed E-state index contributed by atoms with van der Waals surface area (Å²) in [6.45, 7) is 6.13. The van der Waals surface area contributed by atoms with Gasteiger partial charge in [-0.25, -0.2) is 9.18 Å². The Bertz CT molecular complexity index is 315. The summed E-state index contributed by atoms with van der Waals surface area (Å²) in [5.74, 6) is -1.64. The average Bonchev–Trinajstić information content (AvgIpc) is 2.31. The van der Waals surface area contributed by atoms with Crippen LogP contribution in [0.15, 0.2) is 0 Å². The molecular weight excluding hydrogens is 223 g/mol. The summed E-state index contributed by atoms with van der Waals surface area (Å²) in [5.41, 5.74) is -2.49. The van der Waals surface area contributed by atoms with E-state index in [0.29, 0.717) is 6.42 Å². The van der Waals surface area contributed by atoms with Gasteiger partial charge in [0.25, 0.3) is 5.67 Å². The van der Waals surface area contributed by atoms with Gasteiger partial charge in [-0.15, -0.1) is 0 Å². The normalized spacial score (nSPS) is 30.2. The molecule has 1 aliphatic carbocycles. The molecule has 3 nitrogen and oxygen atoms in total. The van der Waals surface area contributed by atoms with E-state index in [1.807, 2.05) is 20.8 Å². The fourth-order valence-electron chi connectivity index (χ4n) is 2.37. The van der Waals surface area contributed by atoms with Crippen molar-refractivity contribution in [3.05, 3.63) is 0 Å².